The molecule has 32 heavy (non-hydrogen) atoms. The van der Waals surface area contributed by atoms with Gasteiger partial charge in [-0.3, -0.25) is 9.48 Å². The molecule has 0 spiro atoms. The fraction of sp³-hybridized carbons (Fsp3) is 0.273. The summed E-state index contributed by atoms with van der Waals surface area (Å²) < 4.78 is 36.5. The molecule has 1 heterocycles. The van der Waals surface area contributed by atoms with E-state index in [1.54, 1.807) is 29.9 Å². The van der Waals surface area contributed by atoms with Gasteiger partial charge in [0.2, 0.25) is 0 Å². The van der Waals surface area contributed by atoms with E-state index in [-0.39, 0.29) is 17.1 Å². The molecular weight excluding hydrogens is 434 g/mol. The second-order valence-electron chi connectivity index (χ2n) is 7.16. The van der Waals surface area contributed by atoms with Crippen molar-refractivity contribution in [2.24, 2.45) is 0 Å². The first-order valence-corrected chi connectivity index (χ1v) is 11.8. The van der Waals surface area contributed by atoms with Crippen LogP contribution in [0.3, 0.4) is 0 Å². The molecule has 1 aromatic heterocycles. The molecular formula is C22H25N3O6S. The Morgan fingerprint density at radius 3 is 2.41 bits per heavy atom. The number of benzene rings is 2. The zero-order valence-electron chi connectivity index (χ0n) is 18.0. The van der Waals surface area contributed by atoms with E-state index in [4.69, 9.17) is 9.47 Å². The third-order valence-electron chi connectivity index (χ3n) is 4.43. The van der Waals surface area contributed by atoms with Crippen LogP contribution in [-0.4, -0.2) is 48.2 Å². The molecule has 0 aliphatic carbocycles. The molecule has 10 heteroatoms. The van der Waals surface area contributed by atoms with Crippen LogP contribution in [0.5, 0.6) is 17.2 Å². The highest BCUT2D eigenvalue weighted by atomic mass is 32.2. The Morgan fingerprint density at radius 2 is 1.81 bits per heavy atom. The maximum atomic E-state index is 12.8. The first-order chi connectivity index (χ1) is 15.2. The topological polar surface area (TPSA) is 120 Å². The lowest BCUT2D eigenvalue weighted by molar-refractivity contribution is 0.102. The predicted molar refractivity (Wildman–Crippen MR) is 119 cm³/mol. The number of nitrogens with zero attached hydrogens (tertiary/aromatic N) is 2. The van der Waals surface area contributed by atoms with Crippen molar-refractivity contribution in [1.82, 2.24) is 9.78 Å². The monoisotopic (exact) mass is 459 g/mol. The van der Waals surface area contributed by atoms with Crippen LogP contribution < -0.4 is 14.8 Å². The van der Waals surface area contributed by atoms with Crippen molar-refractivity contribution in [3.63, 3.8) is 0 Å². The van der Waals surface area contributed by atoms with Crippen LogP contribution in [0.1, 0.15) is 24.2 Å². The van der Waals surface area contributed by atoms with Gasteiger partial charge < -0.3 is 19.9 Å². The van der Waals surface area contributed by atoms with Crippen LogP contribution in [0, 0.1) is 0 Å². The fourth-order valence-corrected chi connectivity index (χ4v) is 3.41. The number of amides is 1. The van der Waals surface area contributed by atoms with Gasteiger partial charge in [0.1, 0.15) is 23.4 Å². The van der Waals surface area contributed by atoms with E-state index >= 15 is 0 Å². The average molecular weight is 460 g/mol. The normalized spacial score (nSPS) is 12.2. The largest absolute Gasteiger partial charge is 0.488 e. The van der Waals surface area contributed by atoms with Gasteiger partial charge in [-0.1, -0.05) is 0 Å². The maximum absolute atomic E-state index is 12.8. The number of aryl methyl sites for hydroxylation is 1. The van der Waals surface area contributed by atoms with Crippen molar-refractivity contribution < 1.29 is 27.8 Å². The van der Waals surface area contributed by atoms with E-state index in [0.717, 1.165) is 6.26 Å². The molecule has 0 aliphatic rings. The van der Waals surface area contributed by atoms with Crippen LogP contribution in [0.4, 0.5) is 5.82 Å². The van der Waals surface area contributed by atoms with Gasteiger partial charge in [-0.2, -0.15) is 5.10 Å². The zero-order chi connectivity index (χ0) is 23.3. The SMILES string of the molecule is CCn1ccc(NC(=O)c2cc(Oc3ccc(S(C)(=O)=O)cc3)cc(OC(C)CO)c2)n1. The van der Waals surface area contributed by atoms with Gasteiger partial charge in [-0.25, -0.2) is 8.42 Å². The first-order valence-electron chi connectivity index (χ1n) is 9.93. The van der Waals surface area contributed by atoms with Gasteiger partial charge in [0.15, 0.2) is 15.7 Å². The van der Waals surface area contributed by atoms with Crippen molar-refractivity contribution >= 4 is 21.6 Å². The van der Waals surface area contributed by atoms with E-state index in [0.29, 0.717) is 29.6 Å². The number of nitrogens with one attached hydrogen (secondary N) is 1. The molecule has 0 saturated heterocycles. The Balaban J connectivity index is 1.87. The van der Waals surface area contributed by atoms with Gasteiger partial charge in [-0.05, 0) is 50.2 Å². The third kappa shape index (κ3) is 6.08. The minimum absolute atomic E-state index is 0.172. The number of rotatable bonds is 9. The van der Waals surface area contributed by atoms with Crippen LogP contribution in [-0.2, 0) is 16.4 Å². The van der Waals surface area contributed by atoms with Crippen molar-refractivity contribution in [2.45, 2.75) is 31.4 Å². The Hall–Kier alpha value is -3.37. The lowest BCUT2D eigenvalue weighted by Crippen LogP contribution is -2.17. The molecule has 1 atom stereocenters. The van der Waals surface area contributed by atoms with E-state index in [1.807, 2.05) is 6.92 Å². The second-order valence-corrected chi connectivity index (χ2v) is 9.18. The van der Waals surface area contributed by atoms with Crippen molar-refractivity contribution in [3.8, 4) is 17.2 Å². The number of ether oxygens (including phenoxy) is 2. The average Bonchev–Trinajstić information content (AvgIpc) is 3.20. The van der Waals surface area contributed by atoms with Crippen LogP contribution in [0.2, 0.25) is 0 Å². The summed E-state index contributed by atoms with van der Waals surface area (Å²) in [4.78, 5) is 13.0. The van der Waals surface area contributed by atoms with Gasteiger partial charge in [0.25, 0.3) is 5.91 Å². The first kappa shape index (κ1) is 23.3. The summed E-state index contributed by atoms with van der Waals surface area (Å²) in [5.74, 6) is 1.03. The molecule has 3 aromatic rings. The second kappa shape index (κ2) is 9.84. The fourth-order valence-electron chi connectivity index (χ4n) is 2.78. The number of aliphatic hydroxyl groups is 1. The lowest BCUT2D eigenvalue weighted by atomic mass is 10.2. The molecule has 2 aromatic carbocycles. The highest BCUT2D eigenvalue weighted by Gasteiger charge is 2.14. The minimum Gasteiger partial charge on any atom is -0.488 e. The van der Waals surface area contributed by atoms with Crippen LogP contribution in [0.25, 0.3) is 0 Å². The summed E-state index contributed by atoms with van der Waals surface area (Å²) in [5.41, 5.74) is 0.265. The molecule has 0 fully saturated rings. The Bertz CT molecular complexity index is 1190. The summed E-state index contributed by atoms with van der Waals surface area (Å²) in [5, 5.41) is 16.3. The van der Waals surface area contributed by atoms with Gasteiger partial charge in [0.05, 0.1) is 11.5 Å². The summed E-state index contributed by atoms with van der Waals surface area (Å²) >= 11 is 0. The minimum atomic E-state index is -3.32. The molecule has 0 bridgehead atoms. The highest BCUT2D eigenvalue weighted by molar-refractivity contribution is 7.90. The lowest BCUT2D eigenvalue weighted by Gasteiger charge is -2.15. The van der Waals surface area contributed by atoms with Gasteiger partial charge >= 0.3 is 0 Å². The molecule has 0 radical (unpaired) electrons. The number of anilines is 1. The van der Waals surface area contributed by atoms with E-state index < -0.39 is 21.8 Å². The zero-order valence-corrected chi connectivity index (χ0v) is 18.8. The Morgan fingerprint density at radius 1 is 1.12 bits per heavy atom. The number of aromatic nitrogens is 2. The summed E-state index contributed by atoms with van der Waals surface area (Å²) in [6.07, 6.45) is 2.39. The van der Waals surface area contributed by atoms with E-state index in [2.05, 4.69) is 10.4 Å². The van der Waals surface area contributed by atoms with E-state index in [1.165, 1.54) is 36.4 Å². The standard InChI is InChI=1S/C22H25N3O6S/c1-4-25-10-9-21(24-25)23-22(27)16-11-18(30-15(2)14-26)13-19(12-16)31-17-5-7-20(8-6-17)32(3,28)29/h5-13,15,26H,4,14H2,1-3H3,(H,23,24,27). The van der Waals surface area contributed by atoms with Crippen LogP contribution >= 0.6 is 0 Å². The molecule has 0 aliphatic heterocycles. The quantitative estimate of drug-likeness (QED) is 0.504. The molecule has 9 nitrogen and oxygen atoms in total. The molecule has 2 N–H and O–H groups in total. The van der Waals surface area contributed by atoms with Crippen molar-refractivity contribution in [3.05, 3.63) is 60.3 Å². The van der Waals surface area contributed by atoms with Crippen molar-refractivity contribution in [1.29, 1.82) is 0 Å². The van der Waals surface area contributed by atoms with Gasteiger partial charge in [0, 0.05) is 36.7 Å². The number of sulfone groups is 1. The van der Waals surface area contributed by atoms with Gasteiger partial charge in [-0.15, -0.1) is 0 Å². The molecule has 0 saturated carbocycles. The van der Waals surface area contributed by atoms with Crippen LogP contribution in [0.15, 0.2) is 59.6 Å². The molecule has 1 unspecified atom stereocenters. The predicted octanol–water partition coefficient (Wildman–Crippen LogP) is 3.11. The summed E-state index contributed by atoms with van der Waals surface area (Å²) in [6, 6.07) is 12.3. The Kier molecular flexibility index (Phi) is 7.16. The molecule has 170 valence electrons. The Labute approximate surface area is 186 Å². The number of carbonyl (C=O) groups is 1. The van der Waals surface area contributed by atoms with Crippen molar-refractivity contribution in [2.75, 3.05) is 18.2 Å². The smallest absolute Gasteiger partial charge is 0.257 e. The summed E-state index contributed by atoms with van der Waals surface area (Å²) in [7, 11) is -3.32. The number of carbonyl (C=O) groups excluding carboxylic acids is 1. The van der Waals surface area contributed by atoms with E-state index in [9.17, 15) is 18.3 Å². The third-order valence-corrected chi connectivity index (χ3v) is 5.56. The maximum Gasteiger partial charge on any atom is 0.257 e. The number of hydrogen-bond acceptors (Lipinski definition) is 7. The number of aliphatic hydroxyl groups excluding tert-OH is 1. The molecule has 1 amide bonds. The molecule has 3 rings (SSSR count). The highest BCUT2D eigenvalue weighted by Crippen LogP contribution is 2.29. The summed E-state index contributed by atoms with van der Waals surface area (Å²) in [6.45, 7) is 4.10. The number of hydrogen-bond donors (Lipinski definition) is 2.